The Balaban J connectivity index is 2.69. The molecule has 0 heterocycles. The van der Waals surface area contributed by atoms with E-state index in [1.165, 1.54) is 19.2 Å². The van der Waals surface area contributed by atoms with E-state index in [4.69, 9.17) is 13.8 Å². The molecule has 0 saturated carbocycles. The monoisotopic (exact) mass is 379 g/mol. The molecule has 0 spiro atoms. The van der Waals surface area contributed by atoms with E-state index in [0.29, 0.717) is 11.1 Å². The minimum atomic E-state index is -3.60. The highest BCUT2D eigenvalue weighted by Gasteiger charge is 2.40. The van der Waals surface area contributed by atoms with Gasteiger partial charge in [-0.2, -0.15) is 0 Å². The molecule has 1 unspecified atom stereocenters. The summed E-state index contributed by atoms with van der Waals surface area (Å²) in [6.07, 6.45) is 0. The third-order valence-electron chi connectivity index (χ3n) is 3.77. The zero-order chi connectivity index (χ0) is 19.2. The first kappa shape index (κ1) is 20.1. The van der Waals surface area contributed by atoms with Gasteiger partial charge in [-0.1, -0.05) is 30.3 Å². The maximum atomic E-state index is 13.6. The summed E-state index contributed by atoms with van der Waals surface area (Å²) in [6, 6.07) is 13.3. The van der Waals surface area contributed by atoms with Gasteiger partial charge in [0.15, 0.2) is 0 Å². The van der Waals surface area contributed by atoms with E-state index in [1.54, 1.807) is 19.9 Å². The molecule has 2 rings (SSSR count). The molecule has 0 N–H and O–H groups in total. The van der Waals surface area contributed by atoms with Crippen LogP contribution in [0.2, 0.25) is 0 Å². The first-order chi connectivity index (χ1) is 12.5. The van der Waals surface area contributed by atoms with Crippen LogP contribution in [0, 0.1) is 10.1 Å². The molecule has 0 aromatic heterocycles. The fourth-order valence-electron chi connectivity index (χ4n) is 2.75. The highest BCUT2D eigenvalue weighted by molar-refractivity contribution is 7.54. The van der Waals surface area contributed by atoms with E-state index in [1.807, 2.05) is 30.3 Å². The Labute approximate surface area is 152 Å². The Morgan fingerprint density at radius 3 is 2.19 bits per heavy atom. The second-order valence-electron chi connectivity index (χ2n) is 5.37. The zero-order valence-corrected chi connectivity index (χ0v) is 15.8. The molecule has 0 amide bonds. The summed E-state index contributed by atoms with van der Waals surface area (Å²) < 4.78 is 30.0. The Hall–Kier alpha value is -2.21. The Kier molecular flexibility index (Phi) is 6.91. The molecule has 1 atom stereocenters. The molecule has 0 bridgehead atoms. The number of nitrogens with zero attached hydrogens (tertiary/aromatic N) is 1. The van der Waals surface area contributed by atoms with Gasteiger partial charge in [-0.3, -0.25) is 14.7 Å². The van der Waals surface area contributed by atoms with Crippen molar-refractivity contribution in [1.82, 2.24) is 0 Å². The number of nitro benzene ring substituents is 1. The fraction of sp³-hybridized carbons (Fsp3) is 0.333. The summed E-state index contributed by atoms with van der Waals surface area (Å²) in [7, 11) is -2.19. The van der Waals surface area contributed by atoms with Crippen molar-refractivity contribution in [2.45, 2.75) is 19.5 Å². The van der Waals surface area contributed by atoms with E-state index < -0.39 is 18.2 Å². The van der Waals surface area contributed by atoms with Gasteiger partial charge in [0.1, 0.15) is 11.4 Å². The van der Waals surface area contributed by atoms with Crippen LogP contribution in [0.25, 0.3) is 0 Å². The second-order valence-corrected chi connectivity index (χ2v) is 7.48. The van der Waals surface area contributed by atoms with Crippen LogP contribution < -0.4 is 4.74 Å². The molecular formula is C18H22NO6P. The van der Waals surface area contributed by atoms with Crippen molar-refractivity contribution in [2.75, 3.05) is 20.3 Å². The van der Waals surface area contributed by atoms with E-state index >= 15 is 0 Å². The number of rotatable bonds is 9. The summed E-state index contributed by atoms with van der Waals surface area (Å²) in [5.41, 5.74) is 0.346. The maximum absolute atomic E-state index is 13.6. The molecule has 0 radical (unpaired) electrons. The number of hydrogen-bond donors (Lipinski definition) is 0. The van der Waals surface area contributed by atoms with Crippen LogP contribution in [-0.4, -0.2) is 25.2 Å². The van der Waals surface area contributed by atoms with Gasteiger partial charge in [-0.05, 0) is 25.5 Å². The third-order valence-corrected chi connectivity index (χ3v) is 6.22. The van der Waals surface area contributed by atoms with Gasteiger partial charge >= 0.3 is 7.60 Å². The number of non-ortho nitro benzene ring substituents is 1. The predicted molar refractivity (Wildman–Crippen MR) is 98.8 cm³/mol. The Morgan fingerprint density at radius 1 is 1.08 bits per heavy atom. The Bertz CT molecular complexity index is 786. The average molecular weight is 379 g/mol. The van der Waals surface area contributed by atoms with Gasteiger partial charge in [0.2, 0.25) is 0 Å². The van der Waals surface area contributed by atoms with Crippen LogP contribution in [0.15, 0.2) is 48.5 Å². The highest BCUT2D eigenvalue weighted by atomic mass is 31.2. The van der Waals surface area contributed by atoms with Crippen molar-refractivity contribution in [2.24, 2.45) is 0 Å². The fourth-order valence-corrected chi connectivity index (χ4v) is 4.94. The molecule has 0 aliphatic heterocycles. The number of benzene rings is 2. The van der Waals surface area contributed by atoms with Crippen LogP contribution in [0.4, 0.5) is 5.69 Å². The molecule has 0 aliphatic rings. The van der Waals surface area contributed by atoms with Gasteiger partial charge in [0.05, 0.1) is 31.3 Å². The highest BCUT2D eigenvalue weighted by Crippen LogP contribution is 2.64. The first-order valence-corrected chi connectivity index (χ1v) is 9.84. The van der Waals surface area contributed by atoms with Crippen LogP contribution in [0.3, 0.4) is 0 Å². The minimum absolute atomic E-state index is 0.111. The molecule has 2 aromatic rings. The van der Waals surface area contributed by atoms with E-state index in [2.05, 4.69) is 0 Å². The third kappa shape index (κ3) is 4.30. The molecule has 0 fully saturated rings. The lowest BCUT2D eigenvalue weighted by Crippen LogP contribution is -2.10. The zero-order valence-electron chi connectivity index (χ0n) is 15.0. The molecule has 140 valence electrons. The average Bonchev–Trinajstić information content (AvgIpc) is 2.63. The van der Waals surface area contributed by atoms with Crippen molar-refractivity contribution >= 4 is 13.3 Å². The van der Waals surface area contributed by atoms with Crippen LogP contribution in [0.1, 0.15) is 30.6 Å². The quantitative estimate of drug-likeness (QED) is 0.348. The number of nitro groups is 1. The molecular weight excluding hydrogens is 357 g/mol. The Morgan fingerprint density at radius 2 is 1.69 bits per heavy atom. The second kappa shape index (κ2) is 8.94. The van der Waals surface area contributed by atoms with E-state index in [-0.39, 0.29) is 24.7 Å². The smallest absolute Gasteiger partial charge is 0.342 e. The summed E-state index contributed by atoms with van der Waals surface area (Å²) >= 11 is 0. The van der Waals surface area contributed by atoms with Gasteiger partial charge in [0, 0.05) is 11.6 Å². The largest absolute Gasteiger partial charge is 0.496 e. The van der Waals surface area contributed by atoms with Crippen LogP contribution >= 0.6 is 7.60 Å². The van der Waals surface area contributed by atoms with Gasteiger partial charge in [0.25, 0.3) is 5.69 Å². The number of methoxy groups -OCH3 is 1. The van der Waals surface area contributed by atoms with Crippen LogP contribution in [-0.2, 0) is 13.6 Å². The van der Waals surface area contributed by atoms with Gasteiger partial charge in [-0.25, -0.2) is 0 Å². The summed E-state index contributed by atoms with van der Waals surface area (Å²) in [5, 5.41) is 11.1. The first-order valence-electron chi connectivity index (χ1n) is 8.22. The molecule has 0 aliphatic carbocycles. The predicted octanol–water partition coefficient (Wildman–Crippen LogP) is 4.96. The summed E-state index contributed by atoms with van der Waals surface area (Å²) in [4.78, 5) is 10.6. The maximum Gasteiger partial charge on any atom is 0.342 e. The number of ether oxygens (including phenoxy) is 1. The van der Waals surface area contributed by atoms with Crippen molar-refractivity contribution < 1.29 is 23.3 Å². The van der Waals surface area contributed by atoms with Crippen molar-refractivity contribution in [3.05, 3.63) is 69.8 Å². The lowest BCUT2D eigenvalue weighted by atomic mass is 10.0. The van der Waals surface area contributed by atoms with E-state index in [9.17, 15) is 14.7 Å². The summed E-state index contributed by atoms with van der Waals surface area (Å²) in [6.45, 7) is 3.88. The van der Waals surface area contributed by atoms with Crippen molar-refractivity contribution in [3.8, 4) is 5.75 Å². The topological polar surface area (TPSA) is 87.9 Å². The van der Waals surface area contributed by atoms with Crippen LogP contribution in [0.5, 0.6) is 5.75 Å². The van der Waals surface area contributed by atoms with E-state index in [0.717, 1.165) is 0 Å². The molecule has 26 heavy (non-hydrogen) atoms. The summed E-state index contributed by atoms with van der Waals surface area (Å²) in [5.74, 6) is 0.257. The van der Waals surface area contributed by atoms with Gasteiger partial charge < -0.3 is 13.8 Å². The minimum Gasteiger partial charge on any atom is -0.496 e. The SMILES string of the molecule is CCOP(=O)(OCC)C(c1ccccc1)c1ccc([N+](=O)[O-])cc1OC. The van der Waals surface area contributed by atoms with Crippen molar-refractivity contribution in [1.29, 1.82) is 0 Å². The molecule has 0 saturated heterocycles. The number of hydrogen-bond acceptors (Lipinski definition) is 6. The lowest BCUT2D eigenvalue weighted by Gasteiger charge is -2.28. The normalized spacial score (nSPS) is 12.6. The van der Waals surface area contributed by atoms with Crippen molar-refractivity contribution in [3.63, 3.8) is 0 Å². The van der Waals surface area contributed by atoms with Gasteiger partial charge in [-0.15, -0.1) is 0 Å². The molecule has 7 nitrogen and oxygen atoms in total. The standard InChI is InChI=1S/C18H22NO6P/c1-4-24-26(22,25-5-2)18(14-9-7-6-8-10-14)16-12-11-15(19(20)21)13-17(16)23-3/h6-13,18H,4-5H2,1-3H3. The molecule has 8 heteroatoms. The molecule has 2 aromatic carbocycles. The lowest BCUT2D eigenvalue weighted by molar-refractivity contribution is -0.384.